The van der Waals surface area contributed by atoms with Crippen molar-refractivity contribution in [1.29, 1.82) is 0 Å². The molecule has 1 unspecified atom stereocenters. The Morgan fingerprint density at radius 2 is 1.77 bits per heavy atom. The van der Waals surface area contributed by atoms with Crippen molar-refractivity contribution in [3.8, 4) is 0 Å². The van der Waals surface area contributed by atoms with Crippen LogP contribution < -0.4 is 0 Å². The first-order valence-corrected chi connectivity index (χ1v) is 7.04. The molecule has 7 heteroatoms. The number of nitrogens with zero attached hydrogens (tertiary/aromatic N) is 1. The molecule has 22 heavy (non-hydrogen) atoms. The first-order valence-electron chi connectivity index (χ1n) is 7.04. The van der Waals surface area contributed by atoms with Gasteiger partial charge in [0.1, 0.15) is 12.2 Å². The van der Waals surface area contributed by atoms with E-state index in [0.29, 0.717) is 18.4 Å². The quantitative estimate of drug-likeness (QED) is 0.870. The first kappa shape index (κ1) is 16.7. The molecule has 1 aromatic carbocycles. The molecule has 0 saturated carbocycles. The Bertz CT molecular complexity index is 507. The zero-order valence-electron chi connectivity index (χ0n) is 11.8. The Hall–Kier alpha value is -1.63. The Balaban J connectivity index is 1.89. The maximum absolute atomic E-state index is 12.9. The summed E-state index contributed by atoms with van der Waals surface area (Å²) in [6.07, 6.45) is -5.91. The number of benzene rings is 1. The van der Waals surface area contributed by atoms with Crippen molar-refractivity contribution in [2.24, 2.45) is 5.92 Å². The van der Waals surface area contributed by atoms with Gasteiger partial charge in [0.15, 0.2) is 0 Å². The fraction of sp³-hybridized carbons (Fsp3) is 0.533. The number of carbonyl (C=O) groups is 1. The predicted octanol–water partition coefficient (Wildman–Crippen LogP) is 3.05. The highest BCUT2D eigenvalue weighted by atomic mass is 19.4. The molecule has 0 aromatic heterocycles. The molecule has 2 rings (SSSR count). The van der Waals surface area contributed by atoms with Crippen LogP contribution in [0.3, 0.4) is 0 Å². The van der Waals surface area contributed by atoms with Gasteiger partial charge in [-0.1, -0.05) is 12.1 Å². The third-order valence-electron chi connectivity index (χ3n) is 3.90. The molecule has 1 aromatic rings. The summed E-state index contributed by atoms with van der Waals surface area (Å²) in [7, 11) is 0. The van der Waals surface area contributed by atoms with Crippen LogP contribution in [0, 0.1) is 11.7 Å². The number of aliphatic hydroxyl groups is 1. The number of hydrogen-bond acceptors (Lipinski definition) is 2. The zero-order chi connectivity index (χ0) is 16.3. The average molecular weight is 319 g/mol. The standard InChI is InChI=1S/C15H17F4NO2/c16-12-3-1-10(2-4-12)14(22)11-5-7-20(8-6-11)13(21)9-15(17,18)19/h1-4,11,14,22H,5-9H2. The molecule has 0 radical (unpaired) electrons. The molecule has 1 aliphatic heterocycles. The molecule has 1 fully saturated rings. The topological polar surface area (TPSA) is 40.5 Å². The Morgan fingerprint density at radius 1 is 1.23 bits per heavy atom. The number of carbonyl (C=O) groups excluding carboxylic acids is 1. The minimum absolute atomic E-state index is 0.152. The maximum atomic E-state index is 12.9. The molecule has 3 nitrogen and oxygen atoms in total. The molecule has 1 aliphatic rings. The number of rotatable bonds is 3. The van der Waals surface area contributed by atoms with Crippen LogP contribution in [0.5, 0.6) is 0 Å². The second-order valence-electron chi connectivity index (χ2n) is 5.51. The van der Waals surface area contributed by atoms with E-state index < -0.39 is 30.4 Å². The monoisotopic (exact) mass is 319 g/mol. The number of aliphatic hydroxyl groups excluding tert-OH is 1. The lowest BCUT2D eigenvalue weighted by atomic mass is 9.87. The van der Waals surface area contributed by atoms with Crippen LogP contribution in [-0.4, -0.2) is 35.2 Å². The van der Waals surface area contributed by atoms with Crippen LogP contribution in [0.1, 0.15) is 30.9 Å². The third kappa shape index (κ3) is 4.43. The van der Waals surface area contributed by atoms with Gasteiger partial charge >= 0.3 is 6.18 Å². The van der Waals surface area contributed by atoms with Gasteiger partial charge in [-0.3, -0.25) is 4.79 Å². The third-order valence-corrected chi connectivity index (χ3v) is 3.90. The molecule has 1 N–H and O–H groups in total. The van der Waals surface area contributed by atoms with E-state index in [1.807, 2.05) is 0 Å². The summed E-state index contributed by atoms with van der Waals surface area (Å²) >= 11 is 0. The summed E-state index contributed by atoms with van der Waals surface area (Å²) in [5.41, 5.74) is 0.571. The van der Waals surface area contributed by atoms with Gasteiger partial charge in [-0.05, 0) is 36.5 Å². The van der Waals surface area contributed by atoms with E-state index in [-0.39, 0.29) is 19.0 Å². The predicted molar refractivity (Wildman–Crippen MR) is 71.3 cm³/mol. The van der Waals surface area contributed by atoms with Crippen molar-refractivity contribution in [1.82, 2.24) is 4.90 Å². The average Bonchev–Trinajstić information content (AvgIpc) is 2.46. The van der Waals surface area contributed by atoms with Crippen molar-refractivity contribution >= 4 is 5.91 Å². The highest BCUT2D eigenvalue weighted by Crippen LogP contribution is 2.31. The zero-order valence-corrected chi connectivity index (χ0v) is 11.8. The number of amides is 1. The lowest BCUT2D eigenvalue weighted by Crippen LogP contribution is -2.41. The van der Waals surface area contributed by atoms with Crippen LogP contribution in [0.25, 0.3) is 0 Å². The SMILES string of the molecule is O=C(CC(F)(F)F)N1CCC(C(O)c2ccc(F)cc2)CC1. The second-order valence-corrected chi connectivity index (χ2v) is 5.51. The summed E-state index contributed by atoms with van der Waals surface area (Å²) < 4.78 is 49.5. The number of likely N-dealkylation sites (tertiary alicyclic amines) is 1. The highest BCUT2D eigenvalue weighted by Gasteiger charge is 2.35. The van der Waals surface area contributed by atoms with Gasteiger partial charge in [-0.15, -0.1) is 0 Å². The van der Waals surface area contributed by atoms with Crippen LogP contribution in [0.15, 0.2) is 24.3 Å². The largest absolute Gasteiger partial charge is 0.397 e. The Morgan fingerprint density at radius 3 is 2.27 bits per heavy atom. The van der Waals surface area contributed by atoms with Crippen LogP contribution in [-0.2, 0) is 4.79 Å². The van der Waals surface area contributed by atoms with E-state index in [1.54, 1.807) is 0 Å². The van der Waals surface area contributed by atoms with Gasteiger partial charge in [0.05, 0.1) is 6.10 Å². The van der Waals surface area contributed by atoms with E-state index in [2.05, 4.69) is 0 Å². The fourth-order valence-electron chi connectivity index (χ4n) is 2.68. The van der Waals surface area contributed by atoms with E-state index in [0.717, 1.165) is 0 Å². The van der Waals surface area contributed by atoms with E-state index in [1.165, 1.54) is 29.2 Å². The van der Waals surface area contributed by atoms with Crippen molar-refractivity contribution in [3.63, 3.8) is 0 Å². The maximum Gasteiger partial charge on any atom is 0.397 e. The van der Waals surface area contributed by atoms with Gasteiger partial charge in [0.2, 0.25) is 5.91 Å². The lowest BCUT2D eigenvalue weighted by molar-refractivity contribution is -0.162. The molecule has 0 aliphatic carbocycles. The summed E-state index contributed by atoms with van der Waals surface area (Å²) in [6, 6.07) is 5.48. The first-order chi connectivity index (χ1) is 10.3. The van der Waals surface area contributed by atoms with Gasteiger partial charge in [-0.2, -0.15) is 13.2 Å². The molecular weight excluding hydrogens is 302 g/mol. The highest BCUT2D eigenvalue weighted by molar-refractivity contribution is 5.76. The number of piperidine rings is 1. The van der Waals surface area contributed by atoms with Gasteiger partial charge in [0, 0.05) is 13.1 Å². The molecule has 1 amide bonds. The number of alkyl halides is 3. The van der Waals surface area contributed by atoms with Gasteiger partial charge < -0.3 is 10.0 Å². The fourth-order valence-corrected chi connectivity index (χ4v) is 2.68. The normalized spacial score (nSPS) is 18.3. The Labute approximate surface area is 125 Å². The van der Waals surface area contributed by atoms with Gasteiger partial charge in [-0.25, -0.2) is 4.39 Å². The molecule has 1 atom stereocenters. The van der Waals surface area contributed by atoms with E-state index >= 15 is 0 Å². The number of halogens is 4. The van der Waals surface area contributed by atoms with E-state index in [9.17, 15) is 27.5 Å². The minimum atomic E-state index is -4.50. The van der Waals surface area contributed by atoms with E-state index in [4.69, 9.17) is 0 Å². The summed E-state index contributed by atoms with van der Waals surface area (Å²) in [4.78, 5) is 12.7. The summed E-state index contributed by atoms with van der Waals surface area (Å²) in [5, 5.41) is 10.2. The van der Waals surface area contributed by atoms with Crippen molar-refractivity contribution in [2.75, 3.05) is 13.1 Å². The second kappa shape index (κ2) is 6.64. The lowest BCUT2D eigenvalue weighted by Gasteiger charge is -2.34. The smallest absolute Gasteiger partial charge is 0.388 e. The molecule has 0 bridgehead atoms. The van der Waals surface area contributed by atoms with Crippen molar-refractivity contribution in [3.05, 3.63) is 35.6 Å². The molecule has 1 heterocycles. The number of hydrogen-bond donors (Lipinski definition) is 1. The van der Waals surface area contributed by atoms with Crippen LogP contribution in [0.2, 0.25) is 0 Å². The Kier molecular flexibility index (Phi) is 5.05. The molecule has 1 saturated heterocycles. The molecule has 0 spiro atoms. The van der Waals surface area contributed by atoms with Crippen LogP contribution in [0.4, 0.5) is 17.6 Å². The molecule has 122 valence electrons. The van der Waals surface area contributed by atoms with Crippen molar-refractivity contribution in [2.45, 2.75) is 31.5 Å². The minimum Gasteiger partial charge on any atom is -0.388 e. The van der Waals surface area contributed by atoms with Crippen LogP contribution >= 0.6 is 0 Å². The molecular formula is C15H17F4NO2. The van der Waals surface area contributed by atoms with Gasteiger partial charge in [0.25, 0.3) is 0 Å². The van der Waals surface area contributed by atoms with Crippen molar-refractivity contribution < 1.29 is 27.5 Å². The summed E-state index contributed by atoms with van der Waals surface area (Å²) in [6.45, 7) is 0.385. The summed E-state index contributed by atoms with van der Waals surface area (Å²) in [5.74, 6) is -1.48.